The van der Waals surface area contributed by atoms with Gasteiger partial charge < -0.3 is 9.84 Å². The molecular formula is C9H15NO6S. The molecule has 1 amide bonds. The number of carbonyl (C=O) groups excluding carboxylic acids is 1. The Bertz CT molecular complexity index is 404. The van der Waals surface area contributed by atoms with E-state index in [1.165, 1.54) is 0 Å². The van der Waals surface area contributed by atoms with Gasteiger partial charge >= 0.3 is 12.1 Å². The van der Waals surface area contributed by atoms with Crippen LogP contribution in [-0.4, -0.2) is 61.7 Å². The first-order chi connectivity index (χ1) is 7.81. The van der Waals surface area contributed by atoms with Crippen LogP contribution in [0.4, 0.5) is 4.79 Å². The molecule has 0 unspecified atom stereocenters. The number of sulfone groups is 1. The van der Waals surface area contributed by atoms with Gasteiger partial charge in [-0.2, -0.15) is 0 Å². The van der Waals surface area contributed by atoms with Gasteiger partial charge in [0, 0.05) is 12.8 Å². The Morgan fingerprint density at radius 1 is 1.47 bits per heavy atom. The number of nitrogens with zero attached hydrogens (tertiary/aromatic N) is 1. The summed E-state index contributed by atoms with van der Waals surface area (Å²) in [5, 5.41) is 8.84. The summed E-state index contributed by atoms with van der Waals surface area (Å²) in [5.41, 5.74) is 0. The van der Waals surface area contributed by atoms with Crippen LogP contribution in [0.15, 0.2) is 0 Å². The van der Waals surface area contributed by atoms with Crippen LogP contribution in [-0.2, 0) is 19.4 Å². The van der Waals surface area contributed by atoms with Gasteiger partial charge in [0.15, 0.2) is 9.84 Å². The molecule has 0 aliphatic carbocycles. The molecule has 17 heavy (non-hydrogen) atoms. The number of likely N-dealkylation sites (tertiary alicyclic amines) is 1. The van der Waals surface area contributed by atoms with Crippen molar-refractivity contribution in [3.8, 4) is 0 Å². The molecule has 0 spiro atoms. The number of hydrogen-bond donors (Lipinski definition) is 1. The molecule has 1 aliphatic heterocycles. The molecule has 1 fully saturated rings. The van der Waals surface area contributed by atoms with Crippen molar-refractivity contribution >= 4 is 21.9 Å². The summed E-state index contributed by atoms with van der Waals surface area (Å²) in [4.78, 5) is 23.4. The van der Waals surface area contributed by atoms with Crippen molar-refractivity contribution in [1.29, 1.82) is 0 Å². The monoisotopic (exact) mass is 265 g/mol. The maximum absolute atomic E-state index is 11.5. The Hall–Kier alpha value is -1.31. The van der Waals surface area contributed by atoms with Gasteiger partial charge in [-0.05, 0) is 12.8 Å². The summed E-state index contributed by atoms with van der Waals surface area (Å²) in [6, 6.07) is -0.860. The smallest absolute Gasteiger partial charge is 0.410 e. The van der Waals surface area contributed by atoms with Gasteiger partial charge in [-0.1, -0.05) is 0 Å². The summed E-state index contributed by atoms with van der Waals surface area (Å²) < 4.78 is 26.3. The topological polar surface area (TPSA) is 101 Å². The van der Waals surface area contributed by atoms with Crippen LogP contribution in [0.5, 0.6) is 0 Å². The predicted octanol–water partition coefficient (Wildman–Crippen LogP) is -0.283. The highest BCUT2D eigenvalue weighted by Gasteiger charge is 2.34. The molecule has 1 N–H and O–H groups in total. The van der Waals surface area contributed by atoms with E-state index in [2.05, 4.69) is 0 Å². The number of aliphatic carboxylic acids is 1. The van der Waals surface area contributed by atoms with Gasteiger partial charge in [-0.15, -0.1) is 0 Å². The first-order valence-electron chi connectivity index (χ1n) is 5.15. The van der Waals surface area contributed by atoms with Crippen LogP contribution >= 0.6 is 0 Å². The number of amides is 1. The van der Waals surface area contributed by atoms with E-state index in [0.717, 1.165) is 11.2 Å². The predicted molar refractivity (Wildman–Crippen MR) is 58.4 cm³/mol. The molecule has 0 bridgehead atoms. The van der Waals surface area contributed by atoms with Gasteiger partial charge in [0.1, 0.15) is 12.6 Å². The minimum atomic E-state index is -3.19. The molecule has 0 aromatic rings. The number of hydrogen-bond acceptors (Lipinski definition) is 5. The maximum atomic E-state index is 11.5. The molecule has 1 atom stereocenters. The normalized spacial score (nSPS) is 20.3. The molecule has 0 saturated carbocycles. The third kappa shape index (κ3) is 4.22. The number of carboxylic acids is 1. The van der Waals surface area contributed by atoms with Gasteiger partial charge in [0.05, 0.1) is 5.75 Å². The largest absolute Gasteiger partial charge is 0.480 e. The maximum Gasteiger partial charge on any atom is 0.410 e. The highest BCUT2D eigenvalue weighted by atomic mass is 32.2. The molecule has 8 heteroatoms. The Balaban J connectivity index is 2.45. The lowest BCUT2D eigenvalue weighted by Crippen LogP contribution is -2.41. The molecule has 0 aromatic heterocycles. The zero-order valence-electron chi connectivity index (χ0n) is 9.46. The lowest BCUT2D eigenvalue weighted by atomic mass is 10.2. The molecule has 98 valence electrons. The van der Waals surface area contributed by atoms with E-state index in [1.54, 1.807) is 0 Å². The highest BCUT2D eigenvalue weighted by Crippen LogP contribution is 2.18. The van der Waals surface area contributed by atoms with Crippen molar-refractivity contribution in [2.45, 2.75) is 18.9 Å². The SMILES string of the molecule is CS(=O)(=O)CCOC(=O)N1CCC[C@H]1C(=O)O. The van der Waals surface area contributed by atoms with Crippen molar-refractivity contribution in [2.24, 2.45) is 0 Å². The molecule has 0 aromatic carbocycles. The lowest BCUT2D eigenvalue weighted by molar-refractivity contribution is -0.141. The molecule has 1 saturated heterocycles. The van der Waals surface area contributed by atoms with Gasteiger partial charge in [-0.3, -0.25) is 4.90 Å². The molecule has 0 radical (unpaired) electrons. The lowest BCUT2D eigenvalue weighted by Gasteiger charge is -2.20. The zero-order chi connectivity index (χ0) is 13.1. The minimum Gasteiger partial charge on any atom is -0.480 e. The Morgan fingerprint density at radius 3 is 2.65 bits per heavy atom. The summed E-state index contributed by atoms with van der Waals surface area (Å²) >= 11 is 0. The summed E-state index contributed by atoms with van der Waals surface area (Å²) in [6.07, 6.45) is 1.28. The second-order valence-electron chi connectivity index (χ2n) is 3.93. The summed E-state index contributed by atoms with van der Waals surface area (Å²) in [6.45, 7) is 0.0786. The zero-order valence-corrected chi connectivity index (χ0v) is 10.3. The van der Waals surface area contributed by atoms with E-state index in [-0.39, 0.29) is 12.4 Å². The third-order valence-electron chi connectivity index (χ3n) is 2.45. The van der Waals surface area contributed by atoms with Crippen LogP contribution in [0.3, 0.4) is 0 Å². The fourth-order valence-corrected chi connectivity index (χ4v) is 1.99. The Kier molecular flexibility index (Phi) is 4.33. The van der Waals surface area contributed by atoms with Crippen LogP contribution in [0.2, 0.25) is 0 Å². The van der Waals surface area contributed by atoms with Crippen molar-refractivity contribution < 1.29 is 27.9 Å². The van der Waals surface area contributed by atoms with Gasteiger partial charge in [-0.25, -0.2) is 18.0 Å². The molecular weight excluding hydrogens is 250 g/mol. The second kappa shape index (κ2) is 5.35. The van der Waals surface area contributed by atoms with Crippen molar-refractivity contribution in [1.82, 2.24) is 4.90 Å². The van der Waals surface area contributed by atoms with E-state index in [1.807, 2.05) is 0 Å². The number of rotatable bonds is 4. The average molecular weight is 265 g/mol. The first-order valence-corrected chi connectivity index (χ1v) is 7.21. The van der Waals surface area contributed by atoms with E-state index in [9.17, 15) is 18.0 Å². The van der Waals surface area contributed by atoms with Crippen LogP contribution < -0.4 is 0 Å². The minimum absolute atomic E-state index is 0.249. The number of carboxylic acid groups (broad SMARTS) is 1. The molecule has 1 heterocycles. The van der Waals surface area contributed by atoms with Gasteiger partial charge in [0.25, 0.3) is 0 Å². The fourth-order valence-electron chi connectivity index (χ4n) is 1.61. The van der Waals surface area contributed by atoms with E-state index in [4.69, 9.17) is 9.84 Å². The molecule has 1 rings (SSSR count). The van der Waals surface area contributed by atoms with Crippen molar-refractivity contribution in [2.75, 3.05) is 25.2 Å². The standard InChI is InChI=1S/C9H15NO6S/c1-17(14,15)6-5-16-9(13)10-4-2-3-7(10)8(11)12/h7H,2-6H2,1H3,(H,11,12)/t7-/m0/s1. The fraction of sp³-hybridized carbons (Fsp3) is 0.778. The van der Waals surface area contributed by atoms with E-state index in [0.29, 0.717) is 19.4 Å². The third-order valence-corrected chi connectivity index (χ3v) is 3.36. The van der Waals surface area contributed by atoms with Crippen molar-refractivity contribution in [3.63, 3.8) is 0 Å². The van der Waals surface area contributed by atoms with E-state index >= 15 is 0 Å². The Labute approximate surface area is 99.3 Å². The average Bonchev–Trinajstić information content (AvgIpc) is 2.63. The van der Waals surface area contributed by atoms with E-state index < -0.39 is 27.9 Å². The van der Waals surface area contributed by atoms with Crippen molar-refractivity contribution in [3.05, 3.63) is 0 Å². The van der Waals surface area contributed by atoms with Crippen LogP contribution in [0, 0.1) is 0 Å². The highest BCUT2D eigenvalue weighted by molar-refractivity contribution is 7.90. The van der Waals surface area contributed by atoms with Crippen LogP contribution in [0.1, 0.15) is 12.8 Å². The summed E-state index contributed by atoms with van der Waals surface area (Å²) in [7, 11) is -3.19. The summed E-state index contributed by atoms with van der Waals surface area (Å²) in [5.74, 6) is -1.33. The Morgan fingerprint density at radius 2 is 2.12 bits per heavy atom. The number of ether oxygens (including phenoxy) is 1. The first kappa shape index (κ1) is 13.8. The number of carbonyl (C=O) groups is 2. The van der Waals surface area contributed by atoms with Gasteiger partial charge in [0.2, 0.25) is 0 Å². The van der Waals surface area contributed by atoms with Crippen LogP contribution in [0.25, 0.3) is 0 Å². The second-order valence-corrected chi connectivity index (χ2v) is 6.19. The molecule has 7 nitrogen and oxygen atoms in total. The molecule has 1 aliphatic rings. The quantitative estimate of drug-likeness (QED) is 0.750.